The Bertz CT molecular complexity index is 1310. The van der Waals surface area contributed by atoms with Gasteiger partial charge in [0, 0.05) is 30.2 Å². The van der Waals surface area contributed by atoms with Crippen molar-refractivity contribution in [1.82, 2.24) is 4.31 Å². The standard InChI is InChI=1S/C24H29N3O6S/c1-23(2)12-15-11-18(32-6)21-17(13-24(3,4)33-21)19(15)20(25-23)14-8-7-9-16(10-14)26-34(30,31)27(5)22(28)29/h7-11,26H,12-13H2,1-6H3,(H,28,29). The lowest BCUT2D eigenvalue weighted by molar-refractivity contribution is 0.134. The minimum absolute atomic E-state index is 0.231. The van der Waals surface area contributed by atoms with Gasteiger partial charge in [-0.05, 0) is 57.9 Å². The van der Waals surface area contributed by atoms with E-state index in [1.807, 2.05) is 39.8 Å². The summed E-state index contributed by atoms with van der Waals surface area (Å²) in [7, 11) is -1.67. The zero-order chi connectivity index (χ0) is 25.1. The molecule has 0 aliphatic carbocycles. The summed E-state index contributed by atoms with van der Waals surface area (Å²) in [6, 6.07) is 8.80. The number of aliphatic imine (C=N–C) groups is 1. The summed E-state index contributed by atoms with van der Waals surface area (Å²) in [6.07, 6.45) is -0.189. The van der Waals surface area contributed by atoms with Gasteiger partial charge in [0.05, 0.1) is 24.0 Å². The van der Waals surface area contributed by atoms with E-state index < -0.39 is 27.4 Å². The molecule has 0 fully saturated rings. The summed E-state index contributed by atoms with van der Waals surface area (Å²) in [5.74, 6) is 1.40. The molecule has 2 aliphatic heterocycles. The molecule has 182 valence electrons. The number of rotatable bonds is 5. The van der Waals surface area contributed by atoms with E-state index in [0.717, 1.165) is 29.4 Å². The van der Waals surface area contributed by atoms with Crippen molar-refractivity contribution in [2.45, 2.75) is 51.7 Å². The number of carboxylic acid groups (broad SMARTS) is 1. The summed E-state index contributed by atoms with van der Waals surface area (Å²) >= 11 is 0. The minimum atomic E-state index is -4.27. The van der Waals surface area contributed by atoms with Crippen molar-refractivity contribution in [3.05, 3.63) is 52.6 Å². The van der Waals surface area contributed by atoms with E-state index >= 15 is 0 Å². The van der Waals surface area contributed by atoms with Crippen LogP contribution in [0.5, 0.6) is 11.5 Å². The second-order valence-electron chi connectivity index (χ2n) is 9.85. The zero-order valence-corrected chi connectivity index (χ0v) is 20.9. The van der Waals surface area contributed by atoms with Gasteiger partial charge in [0.2, 0.25) is 0 Å². The number of methoxy groups -OCH3 is 1. The number of amides is 1. The maximum atomic E-state index is 12.4. The Labute approximate surface area is 199 Å². The van der Waals surface area contributed by atoms with E-state index in [9.17, 15) is 13.2 Å². The zero-order valence-electron chi connectivity index (χ0n) is 20.1. The molecule has 0 unspecified atom stereocenters. The van der Waals surface area contributed by atoms with E-state index in [4.69, 9.17) is 19.6 Å². The van der Waals surface area contributed by atoms with E-state index in [0.29, 0.717) is 29.9 Å². The predicted octanol–water partition coefficient (Wildman–Crippen LogP) is 3.85. The average molecular weight is 488 g/mol. The quantitative estimate of drug-likeness (QED) is 0.662. The molecule has 0 aromatic heterocycles. The number of hydrogen-bond donors (Lipinski definition) is 2. The first-order chi connectivity index (χ1) is 15.7. The van der Waals surface area contributed by atoms with Crippen LogP contribution in [0.3, 0.4) is 0 Å². The van der Waals surface area contributed by atoms with Crippen molar-refractivity contribution in [3.8, 4) is 11.5 Å². The molecule has 1 amide bonds. The number of anilines is 1. The molecule has 0 spiro atoms. The molecule has 9 nitrogen and oxygen atoms in total. The molecule has 0 bridgehead atoms. The third-order valence-electron chi connectivity index (χ3n) is 5.91. The molecule has 0 atom stereocenters. The Morgan fingerprint density at radius 1 is 1.21 bits per heavy atom. The second-order valence-corrected chi connectivity index (χ2v) is 11.5. The normalized spacial score (nSPS) is 17.6. The molecule has 0 radical (unpaired) electrons. The first-order valence-corrected chi connectivity index (χ1v) is 12.3. The van der Waals surface area contributed by atoms with Gasteiger partial charge in [0.25, 0.3) is 0 Å². The third kappa shape index (κ3) is 4.29. The number of nitrogens with zero attached hydrogens (tertiary/aromatic N) is 2. The maximum Gasteiger partial charge on any atom is 0.422 e. The molecule has 34 heavy (non-hydrogen) atoms. The lowest BCUT2D eigenvalue weighted by Crippen LogP contribution is -2.36. The Hall–Kier alpha value is -3.27. The van der Waals surface area contributed by atoms with Crippen LogP contribution in [-0.2, 0) is 23.1 Å². The highest BCUT2D eigenvalue weighted by Crippen LogP contribution is 2.47. The Kier molecular flexibility index (Phi) is 5.55. The van der Waals surface area contributed by atoms with Crippen molar-refractivity contribution in [2.75, 3.05) is 18.9 Å². The molecule has 2 aromatic rings. The highest BCUT2D eigenvalue weighted by Gasteiger charge is 2.39. The van der Waals surface area contributed by atoms with Crippen molar-refractivity contribution in [2.24, 2.45) is 4.99 Å². The predicted molar refractivity (Wildman–Crippen MR) is 130 cm³/mol. The van der Waals surface area contributed by atoms with E-state index in [-0.39, 0.29) is 9.99 Å². The fourth-order valence-corrected chi connectivity index (χ4v) is 5.25. The fourth-order valence-electron chi connectivity index (χ4n) is 4.48. The smallest absolute Gasteiger partial charge is 0.422 e. The second kappa shape index (κ2) is 7.90. The van der Waals surface area contributed by atoms with Crippen LogP contribution in [0.1, 0.15) is 49.9 Å². The van der Waals surface area contributed by atoms with Crippen molar-refractivity contribution < 1.29 is 27.8 Å². The molecule has 10 heteroatoms. The van der Waals surface area contributed by atoms with Crippen LogP contribution in [0.15, 0.2) is 35.3 Å². The number of benzene rings is 2. The van der Waals surface area contributed by atoms with Crippen LogP contribution < -0.4 is 14.2 Å². The largest absolute Gasteiger partial charge is 0.493 e. The van der Waals surface area contributed by atoms with Crippen LogP contribution in [0.4, 0.5) is 10.5 Å². The number of nitrogens with one attached hydrogen (secondary N) is 1. The Morgan fingerprint density at radius 2 is 1.91 bits per heavy atom. The van der Waals surface area contributed by atoms with Gasteiger partial charge in [-0.1, -0.05) is 12.1 Å². The molecule has 2 heterocycles. The van der Waals surface area contributed by atoms with Crippen molar-refractivity contribution in [1.29, 1.82) is 0 Å². The summed E-state index contributed by atoms with van der Waals surface area (Å²) < 4.78 is 39.2. The lowest BCUT2D eigenvalue weighted by atomic mass is 9.81. The first kappa shape index (κ1) is 23.9. The van der Waals surface area contributed by atoms with Gasteiger partial charge in [0.1, 0.15) is 5.60 Å². The number of ether oxygens (including phenoxy) is 2. The van der Waals surface area contributed by atoms with E-state index in [2.05, 4.69) is 4.72 Å². The van der Waals surface area contributed by atoms with Gasteiger partial charge in [0.15, 0.2) is 11.5 Å². The highest BCUT2D eigenvalue weighted by molar-refractivity contribution is 7.90. The molecule has 0 saturated heterocycles. The third-order valence-corrected chi connectivity index (χ3v) is 7.28. The van der Waals surface area contributed by atoms with Crippen LogP contribution in [0.25, 0.3) is 0 Å². The molecular formula is C24H29N3O6S. The van der Waals surface area contributed by atoms with Gasteiger partial charge in [-0.15, -0.1) is 0 Å². The number of fused-ring (bicyclic) bond motifs is 3. The number of hydrogen-bond acceptors (Lipinski definition) is 6. The summed E-state index contributed by atoms with van der Waals surface area (Å²) in [5, 5.41) is 9.06. The molecule has 2 aliphatic rings. The lowest BCUT2D eigenvalue weighted by Gasteiger charge is -2.31. The SMILES string of the molecule is COc1cc2c(c3c1OC(C)(C)C3)C(c1cccc(NS(=O)(=O)N(C)C(=O)O)c1)=NC(C)(C)C2. The summed E-state index contributed by atoms with van der Waals surface area (Å²) in [6.45, 7) is 8.14. The monoisotopic (exact) mass is 487 g/mol. The van der Waals surface area contributed by atoms with Gasteiger partial charge in [-0.3, -0.25) is 9.71 Å². The van der Waals surface area contributed by atoms with E-state index in [1.54, 1.807) is 25.3 Å². The van der Waals surface area contributed by atoms with Crippen LogP contribution in [-0.4, -0.2) is 54.9 Å². The van der Waals surface area contributed by atoms with Crippen molar-refractivity contribution in [3.63, 3.8) is 0 Å². The van der Waals surface area contributed by atoms with Gasteiger partial charge < -0.3 is 14.6 Å². The van der Waals surface area contributed by atoms with Crippen LogP contribution in [0, 0.1) is 0 Å². The molecule has 2 N–H and O–H groups in total. The summed E-state index contributed by atoms with van der Waals surface area (Å²) in [4.78, 5) is 16.2. The fraction of sp³-hybridized carbons (Fsp3) is 0.417. The molecule has 4 rings (SSSR count). The Balaban J connectivity index is 1.85. The van der Waals surface area contributed by atoms with Gasteiger partial charge in [-0.25, -0.2) is 4.79 Å². The van der Waals surface area contributed by atoms with Crippen molar-refractivity contribution >= 4 is 27.7 Å². The van der Waals surface area contributed by atoms with Gasteiger partial charge in [-0.2, -0.15) is 12.7 Å². The Morgan fingerprint density at radius 3 is 2.56 bits per heavy atom. The first-order valence-electron chi connectivity index (χ1n) is 10.8. The highest BCUT2D eigenvalue weighted by atomic mass is 32.2. The van der Waals surface area contributed by atoms with Gasteiger partial charge >= 0.3 is 16.3 Å². The minimum Gasteiger partial charge on any atom is -0.493 e. The molecule has 0 saturated carbocycles. The topological polar surface area (TPSA) is 118 Å². The molecule has 2 aromatic carbocycles. The maximum absolute atomic E-state index is 12.4. The van der Waals surface area contributed by atoms with Crippen LogP contribution in [0.2, 0.25) is 0 Å². The van der Waals surface area contributed by atoms with E-state index in [1.165, 1.54) is 0 Å². The average Bonchev–Trinajstić information content (AvgIpc) is 3.05. The number of carbonyl (C=O) groups is 1. The summed E-state index contributed by atoms with van der Waals surface area (Å²) in [5.41, 5.74) is 3.97. The molecular weight excluding hydrogens is 458 g/mol. The van der Waals surface area contributed by atoms with Crippen LogP contribution >= 0.6 is 0 Å².